The second-order valence-electron chi connectivity index (χ2n) is 12.6. The van der Waals surface area contributed by atoms with Gasteiger partial charge in [0.25, 0.3) is 0 Å². The van der Waals surface area contributed by atoms with Crippen LogP contribution in [-0.4, -0.2) is 9.97 Å². The molecule has 3 heterocycles. The van der Waals surface area contributed by atoms with Crippen LogP contribution in [0.25, 0.3) is 98.3 Å². The van der Waals surface area contributed by atoms with Crippen LogP contribution in [0.2, 0.25) is 0 Å². The van der Waals surface area contributed by atoms with Crippen LogP contribution >= 0.6 is 11.3 Å². The van der Waals surface area contributed by atoms with E-state index in [9.17, 15) is 0 Å². The molecule has 10 rings (SSSR count). The lowest BCUT2D eigenvalue weighted by atomic mass is 9.94. The minimum atomic E-state index is 0.670. The van der Waals surface area contributed by atoms with Gasteiger partial charge in [-0.25, -0.2) is 9.97 Å². The lowest BCUT2D eigenvalue weighted by Crippen LogP contribution is -1.97. The summed E-state index contributed by atoms with van der Waals surface area (Å²) in [4.78, 5) is 10.4. The van der Waals surface area contributed by atoms with Crippen molar-refractivity contribution in [2.45, 2.75) is 0 Å². The predicted molar refractivity (Wildman–Crippen MR) is 209 cm³/mol. The largest absolute Gasteiger partial charge is 0.455 e. The second kappa shape index (κ2) is 11.7. The van der Waals surface area contributed by atoms with Gasteiger partial charge in [-0.2, -0.15) is 0 Å². The maximum atomic E-state index is 6.48. The average Bonchev–Trinajstić information content (AvgIpc) is 3.76. The lowest BCUT2D eigenvalue weighted by Gasteiger charge is -2.13. The number of nitrogens with zero attached hydrogens (tertiary/aromatic N) is 2. The summed E-state index contributed by atoms with van der Waals surface area (Å²) in [6.07, 6.45) is 0. The average molecular weight is 657 g/mol. The summed E-state index contributed by atoms with van der Waals surface area (Å²) < 4.78 is 9.08. The molecular weight excluding hydrogens is 629 g/mol. The summed E-state index contributed by atoms with van der Waals surface area (Å²) in [7, 11) is 0. The SMILES string of the molecule is c1ccc(-c2cc(-c3ccc4sc5ccccc5c4c3)cc(-c3cc(-c4cccc5c4oc4ccccc45)nc(-c4ccccc4)n3)c2)cc1. The Labute approximate surface area is 292 Å². The van der Waals surface area contributed by atoms with Gasteiger partial charge in [-0.3, -0.25) is 0 Å². The molecule has 0 aliphatic heterocycles. The first-order valence-corrected chi connectivity index (χ1v) is 17.5. The summed E-state index contributed by atoms with van der Waals surface area (Å²) in [5, 5.41) is 4.74. The molecule has 0 N–H and O–H groups in total. The number of benzene rings is 7. The third kappa shape index (κ3) is 4.89. The minimum absolute atomic E-state index is 0.670. The number of para-hydroxylation sites is 2. The van der Waals surface area contributed by atoms with E-state index in [1.807, 2.05) is 41.7 Å². The summed E-state index contributed by atoms with van der Waals surface area (Å²) in [6, 6.07) is 59.7. The molecule has 0 radical (unpaired) electrons. The smallest absolute Gasteiger partial charge is 0.160 e. The van der Waals surface area contributed by atoms with Crippen molar-refractivity contribution >= 4 is 53.4 Å². The van der Waals surface area contributed by atoms with Crippen LogP contribution in [-0.2, 0) is 0 Å². The van der Waals surface area contributed by atoms with Gasteiger partial charge in [-0.15, -0.1) is 11.3 Å². The Bertz CT molecular complexity index is 2870. The number of rotatable bonds is 5. The van der Waals surface area contributed by atoms with Gasteiger partial charge in [0.15, 0.2) is 5.82 Å². The standard InChI is InChI=1S/C46H28N2OS/c1-3-12-29(13-4-1)32-24-33(31-22-23-44-39(27-31)36-17-8-10-21-43(36)50-44)26-34(25-32)40-28-41(48-46(47-40)30-14-5-2-6-15-30)38-19-11-18-37-35-16-7-9-20-42(35)49-45(37)38/h1-28H. The van der Waals surface area contributed by atoms with Gasteiger partial charge < -0.3 is 4.42 Å². The normalized spacial score (nSPS) is 11.6. The van der Waals surface area contributed by atoms with E-state index >= 15 is 0 Å². The highest BCUT2D eigenvalue weighted by molar-refractivity contribution is 7.25. The highest BCUT2D eigenvalue weighted by atomic mass is 32.1. The molecule has 3 nitrogen and oxygen atoms in total. The number of furan rings is 1. The topological polar surface area (TPSA) is 38.9 Å². The van der Waals surface area contributed by atoms with Gasteiger partial charge in [0, 0.05) is 47.6 Å². The van der Waals surface area contributed by atoms with Crippen molar-refractivity contribution in [1.82, 2.24) is 9.97 Å². The van der Waals surface area contributed by atoms with Crippen molar-refractivity contribution < 1.29 is 4.42 Å². The third-order valence-electron chi connectivity index (χ3n) is 9.48. The molecular formula is C46H28N2OS. The predicted octanol–water partition coefficient (Wildman–Crippen LogP) is 13.1. The summed E-state index contributed by atoms with van der Waals surface area (Å²) in [5.74, 6) is 0.670. The number of hydrogen-bond donors (Lipinski definition) is 0. The molecule has 10 aromatic rings. The van der Waals surface area contributed by atoms with Crippen molar-refractivity contribution in [1.29, 1.82) is 0 Å². The van der Waals surface area contributed by atoms with E-state index < -0.39 is 0 Å². The van der Waals surface area contributed by atoms with Crippen molar-refractivity contribution in [3.05, 3.63) is 170 Å². The molecule has 0 aliphatic carbocycles. The first kappa shape index (κ1) is 28.6. The van der Waals surface area contributed by atoms with Crippen LogP contribution in [0, 0.1) is 0 Å². The zero-order chi connectivity index (χ0) is 33.0. The number of fused-ring (bicyclic) bond motifs is 6. The van der Waals surface area contributed by atoms with E-state index in [1.165, 1.54) is 25.7 Å². The Hall–Kier alpha value is -6.36. The number of thiophene rings is 1. The Balaban J connectivity index is 1.21. The van der Waals surface area contributed by atoms with E-state index in [4.69, 9.17) is 14.4 Å². The summed E-state index contributed by atoms with van der Waals surface area (Å²) in [5.41, 5.74) is 10.9. The van der Waals surface area contributed by atoms with Crippen LogP contribution in [0.15, 0.2) is 174 Å². The highest BCUT2D eigenvalue weighted by Crippen LogP contribution is 2.40. The van der Waals surface area contributed by atoms with Gasteiger partial charge in [0.1, 0.15) is 11.2 Å². The molecule has 0 spiro atoms. The van der Waals surface area contributed by atoms with Crippen LogP contribution in [0.3, 0.4) is 0 Å². The molecule has 7 aromatic carbocycles. The fourth-order valence-corrected chi connectivity index (χ4v) is 8.13. The summed E-state index contributed by atoms with van der Waals surface area (Å²) in [6.45, 7) is 0. The van der Waals surface area contributed by atoms with E-state index in [2.05, 4.69) is 140 Å². The molecule has 0 fully saturated rings. The van der Waals surface area contributed by atoms with E-state index in [0.29, 0.717) is 5.82 Å². The fraction of sp³-hybridized carbons (Fsp3) is 0. The molecule has 3 aromatic heterocycles. The molecule has 4 heteroatoms. The molecule has 0 amide bonds. The molecule has 0 bridgehead atoms. The van der Waals surface area contributed by atoms with Crippen LogP contribution < -0.4 is 0 Å². The van der Waals surface area contributed by atoms with Crippen LogP contribution in [0.1, 0.15) is 0 Å². The first-order valence-electron chi connectivity index (χ1n) is 16.7. The van der Waals surface area contributed by atoms with E-state index in [0.717, 1.165) is 66.7 Å². The van der Waals surface area contributed by atoms with Gasteiger partial charge in [0.05, 0.1) is 11.4 Å². The molecule has 0 saturated heterocycles. The first-order chi connectivity index (χ1) is 24.7. The molecule has 50 heavy (non-hydrogen) atoms. The molecule has 0 saturated carbocycles. The molecule has 0 aliphatic rings. The maximum absolute atomic E-state index is 6.48. The van der Waals surface area contributed by atoms with Gasteiger partial charge in [0.2, 0.25) is 0 Å². The highest BCUT2D eigenvalue weighted by Gasteiger charge is 2.18. The molecule has 234 valence electrons. The zero-order valence-corrected chi connectivity index (χ0v) is 27.7. The molecule has 0 unspecified atom stereocenters. The fourth-order valence-electron chi connectivity index (χ4n) is 7.04. The van der Waals surface area contributed by atoms with Gasteiger partial charge in [-0.1, -0.05) is 115 Å². The Kier molecular flexibility index (Phi) is 6.68. The van der Waals surface area contributed by atoms with Crippen molar-refractivity contribution in [3.8, 4) is 56.2 Å². The van der Waals surface area contributed by atoms with Crippen molar-refractivity contribution in [2.24, 2.45) is 0 Å². The van der Waals surface area contributed by atoms with Crippen LogP contribution in [0.5, 0.6) is 0 Å². The van der Waals surface area contributed by atoms with Gasteiger partial charge >= 0.3 is 0 Å². The maximum Gasteiger partial charge on any atom is 0.160 e. The van der Waals surface area contributed by atoms with E-state index in [1.54, 1.807) is 0 Å². The minimum Gasteiger partial charge on any atom is -0.455 e. The third-order valence-corrected chi connectivity index (χ3v) is 10.6. The number of hydrogen-bond acceptors (Lipinski definition) is 4. The monoisotopic (exact) mass is 656 g/mol. The Morgan fingerprint density at radius 1 is 0.380 bits per heavy atom. The number of aromatic nitrogens is 2. The van der Waals surface area contributed by atoms with Gasteiger partial charge in [-0.05, 0) is 76.9 Å². The van der Waals surface area contributed by atoms with E-state index in [-0.39, 0.29) is 0 Å². The Morgan fingerprint density at radius 2 is 1.02 bits per heavy atom. The van der Waals surface area contributed by atoms with Crippen molar-refractivity contribution in [3.63, 3.8) is 0 Å². The lowest BCUT2D eigenvalue weighted by molar-refractivity contribution is 0.670. The van der Waals surface area contributed by atoms with Crippen LogP contribution in [0.4, 0.5) is 0 Å². The molecule has 0 atom stereocenters. The summed E-state index contributed by atoms with van der Waals surface area (Å²) >= 11 is 1.84. The second-order valence-corrected chi connectivity index (χ2v) is 13.7. The quantitative estimate of drug-likeness (QED) is 0.185. The van der Waals surface area contributed by atoms with Crippen molar-refractivity contribution in [2.75, 3.05) is 0 Å². The zero-order valence-electron chi connectivity index (χ0n) is 26.9. The Morgan fingerprint density at radius 3 is 1.86 bits per heavy atom.